The second kappa shape index (κ2) is 14.5. The van der Waals surface area contributed by atoms with E-state index < -0.39 is 76.1 Å². The van der Waals surface area contributed by atoms with E-state index in [1.807, 2.05) is 13.8 Å². The van der Waals surface area contributed by atoms with Crippen molar-refractivity contribution < 1.29 is 33.5 Å². The number of carbonyl (C=O) groups is 6. The zero-order valence-corrected chi connectivity index (χ0v) is 30.0. The number of ether oxygens (including phenoxy) is 1. The molecule has 262 valence electrons. The summed E-state index contributed by atoms with van der Waals surface area (Å²) in [6.07, 6.45) is 7.03. The number of fused-ring (bicyclic) bond motifs is 1. The summed E-state index contributed by atoms with van der Waals surface area (Å²) in [6, 6.07) is -4.97. The number of likely N-dealkylation sites (tertiary alicyclic amines) is 1. The van der Waals surface area contributed by atoms with E-state index in [9.17, 15) is 28.8 Å². The number of hydrogen-bond acceptors (Lipinski definition) is 7. The number of nitrogens with zero attached hydrogens (tertiary/aromatic N) is 1. The summed E-state index contributed by atoms with van der Waals surface area (Å²) >= 11 is 0. The molecule has 0 radical (unpaired) electrons. The highest BCUT2D eigenvalue weighted by Gasteiger charge is 2.70. The Morgan fingerprint density at radius 2 is 1.51 bits per heavy atom. The molecule has 1 saturated carbocycles. The van der Waals surface area contributed by atoms with Gasteiger partial charge in [-0.2, -0.15) is 0 Å². The molecule has 2 fully saturated rings. The Morgan fingerprint density at radius 1 is 0.957 bits per heavy atom. The van der Waals surface area contributed by atoms with Gasteiger partial charge in [0, 0.05) is 19.5 Å². The van der Waals surface area contributed by atoms with Crippen LogP contribution in [0.3, 0.4) is 0 Å². The van der Waals surface area contributed by atoms with E-state index in [4.69, 9.17) is 11.2 Å². The third kappa shape index (κ3) is 9.81. The fraction of sp³-hybridized carbons (Fsp3) is 0.714. The number of urea groups is 1. The van der Waals surface area contributed by atoms with Gasteiger partial charge in [-0.3, -0.25) is 19.2 Å². The van der Waals surface area contributed by atoms with Crippen molar-refractivity contribution >= 4 is 35.5 Å². The highest BCUT2D eigenvalue weighted by molar-refractivity contribution is 6.38. The first-order valence-electron chi connectivity index (χ1n) is 16.2. The highest BCUT2D eigenvalue weighted by atomic mass is 16.6. The quantitative estimate of drug-likeness (QED) is 0.109. The third-order valence-electron chi connectivity index (χ3n) is 8.77. The summed E-state index contributed by atoms with van der Waals surface area (Å²) in [5.74, 6) is -1.12. The van der Waals surface area contributed by atoms with Crippen LogP contribution in [0.5, 0.6) is 0 Å². The first-order chi connectivity index (χ1) is 21.4. The Balaban J connectivity index is 2.36. The maximum atomic E-state index is 14.3. The van der Waals surface area contributed by atoms with Crippen molar-refractivity contribution in [1.82, 2.24) is 26.2 Å². The number of esters is 1. The molecule has 0 unspecified atom stereocenters. The number of Topliss-reactive ketones (excluding diaryl/α,β-unsaturated/α-hetero) is 1. The lowest BCUT2D eigenvalue weighted by atomic mass is 9.85. The van der Waals surface area contributed by atoms with Crippen LogP contribution in [0.15, 0.2) is 12.7 Å². The average molecular weight is 658 g/mol. The molecule has 0 aromatic carbocycles. The summed E-state index contributed by atoms with van der Waals surface area (Å²) < 4.78 is 5.55. The number of hydrogen-bond donors (Lipinski definition) is 4. The van der Waals surface area contributed by atoms with E-state index >= 15 is 0 Å². The van der Waals surface area contributed by atoms with Crippen LogP contribution in [0.1, 0.15) is 89.0 Å². The summed E-state index contributed by atoms with van der Waals surface area (Å²) in [5.41, 5.74) is -2.52. The lowest BCUT2D eigenvalue weighted by Gasteiger charge is -2.38. The molecule has 1 saturated heterocycles. The van der Waals surface area contributed by atoms with Gasteiger partial charge in [-0.25, -0.2) is 9.59 Å². The van der Waals surface area contributed by atoms with E-state index in [1.54, 1.807) is 62.3 Å². The van der Waals surface area contributed by atoms with Crippen molar-refractivity contribution in [3.8, 4) is 12.3 Å². The van der Waals surface area contributed by atoms with Gasteiger partial charge in [-0.1, -0.05) is 61.5 Å². The first kappa shape index (κ1) is 39.3. The molecule has 12 heteroatoms. The minimum absolute atomic E-state index is 0.0184. The summed E-state index contributed by atoms with van der Waals surface area (Å²) in [5, 5.41) is 10.6. The second-order valence-electron chi connectivity index (χ2n) is 16.3. The molecule has 4 N–H and O–H groups in total. The number of nitrogens with one attached hydrogen (secondary N) is 4. The predicted molar refractivity (Wildman–Crippen MR) is 178 cm³/mol. The van der Waals surface area contributed by atoms with E-state index in [2.05, 4.69) is 33.8 Å². The smallest absolute Gasteiger partial charge is 0.329 e. The molecule has 1 aliphatic carbocycles. The largest absolute Gasteiger partial charge is 0.458 e. The zero-order valence-electron chi connectivity index (χ0n) is 30.0. The molecular formula is C35H55N5O7. The number of terminal acetylenes is 1. The number of carbonyl (C=O) groups excluding carboxylic acids is 6. The van der Waals surface area contributed by atoms with Crippen LogP contribution < -0.4 is 21.3 Å². The van der Waals surface area contributed by atoms with Gasteiger partial charge in [0.25, 0.3) is 5.91 Å². The topological polar surface area (TPSA) is 163 Å². The maximum Gasteiger partial charge on any atom is 0.329 e. The number of piperidine rings is 1. The Hall–Kier alpha value is -3.88. The van der Waals surface area contributed by atoms with Crippen LogP contribution in [-0.4, -0.2) is 83.3 Å². The van der Waals surface area contributed by atoms with Crippen LogP contribution in [0.2, 0.25) is 0 Å². The molecule has 1 aliphatic heterocycles. The molecule has 2 aliphatic rings. The van der Waals surface area contributed by atoms with Crippen LogP contribution in [0.4, 0.5) is 4.79 Å². The van der Waals surface area contributed by atoms with Crippen LogP contribution in [0, 0.1) is 40.4 Å². The molecule has 0 spiro atoms. The van der Waals surface area contributed by atoms with Gasteiger partial charge in [-0.05, 0) is 55.3 Å². The van der Waals surface area contributed by atoms with Gasteiger partial charge in [0.15, 0.2) is 0 Å². The molecule has 1 heterocycles. The van der Waals surface area contributed by atoms with Gasteiger partial charge in [0.1, 0.15) is 23.7 Å². The molecule has 0 aromatic heterocycles. The lowest BCUT2D eigenvalue weighted by Crippen LogP contribution is -2.63. The standard InChI is InChI=1S/C35H55N5O7/c1-14-16-17-21(24(41)28(43)36-18-15-2)37-27(42)23-22-20(35(22,12)13)19-40(23)29(44)25(32(3,4)5)38-31(46)39-26(33(6,7)8)30(45)47-34(9,10)11/h1,15,20-23,25-26H,2,16-19H2,3-13H3,(H,36,43)(H,37,42)(H2,38,39,46)/t20-,21-,22-,23-,25+,26+/m0/s1. The van der Waals surface area contributed by atoms with Crippen molar-refractivity contribution in [2.45, 2.75) is 119 Å². The molecule has 12 nitrogen and oxygen atoms in total. The summed E-state index contributed by atoms with van der Waals surface area (Å²) in [4.78, 5) is 81.6. The molecule has 0 bridgehead atoms. The van der Waals surface area contributed by atoms with Gasteiger partial charge >= 0.3 is 12.0 Å². The Morgan fingerprint density at radius 3 is 2.00 bits per heavy atom. The van der Waals surface area contributed by atoms with Crippen molar-refractivity contribution in [2.75, 3.05) is 13.1 Å². The van der Waals surface area contributed by atoms with Crippen molar-refractivity contribution in [2.24, 2.45) is 28.1 Å². The van der Waals surface area contributed by atoms with Gasteiger partial charge in [0.2, 0.25) is 17.6 Å². The Kier molecular flexibility index (Phi) is 12.1. The Bertz CT molecular complexity index is 1290. The molecule has 47 heavy (non-hydrogen) atoms. The van der Waals surface area contributed by atoms with Crippen LogP contribution in [0.25, 0.3) is 0 Å². The fourth-order valence-corrected chi connectivity index (χ4v) is 6.09. The fourth-order valence-electron chi connectivity index (χ4n) is 6.09. The zero-order chi connectivity index (χ0) is 36.3. The SMILES string of the molecule is C#CCC[C@H](NC(=O)[C@@H]1[C@@H]2[C@H](CN1C(=O)[C@@H](NC(=O)N[C@H](C(=O)OC(C)(C)C)C(C)(C)C)C(C)(C)C)C2(C)C)C(=O)C(=O)NCC=C. The van der Waals surface area contributed by atoms with E-state index in [0.29, 0.717) is 0 Å². The van der Waals surface area contributed by atoms with E-state index in [-0.39, 0.29) is 43.2 Å². The average Bonchev–Trinajstić information content (AvgIpc) is 3.25. The van der Waals surface area contributed by atoms with Crippen LogP contribution in [-0.2, 0) is 28.7 Å². The van der Waals surface area contributed by atoms with Crippen molar-refractivity contribution in [3.05, 3.63) is 12.7 Å². The molecule has 5 amide bonds. The minimum Gasteiger partial charge on any atom is -0.458 e. The third-order valence-corrected chi connectivity index (χ3v) is 8.77. The molecular weight excluding hydrogens is 602 g/mol. The van der Waals surface area contributed by atoms with E-state index in [0.717, 1.165) is 0 Å². The number of ketones is 1. The molecule has 2 rings (SSSR count). The lowest BCUT2D eigenvalue weighted by molar-refractivity contribution is -0.160. The van der Waals surface area contributed by atoms with Crippen molar-refractivity contribution in [1.29, 1.82) is 0 Å². The van der Waals surface area contributed by atoms with E-state index in [1.165, 1.54) is 11.0 Å². The van der Waals surface area contributed by atoms with Gasteiger partial charge < -0.3 is 30.9 Å². The second-order valence-corrected chi connectivity index (χ2v) is 16.3. The number of amides is 5. The normalized spacial score (nSPS) is 21.9. The van der Waals surface area contributed by atoms with Gasteiger partial charge in [-0.15, -0.1) is 18.9 Å². The highest BCUT2D eigenvalue weighted by Crippen LogP contribution is 2.65. The number of rotatable bonds is 12. The van der Waals surface area contributed by atoms with Gasteiger partial charge in [0.05, 0.1) is 6.04 Å². The first-order valence-corrected chi connectivity index (χ1v) is 16.2. The minimum atomic E-state index is -1.19. The summed E-state index contributed by atoms with van der Waals surface area (Å²) in [6.45, 7) is 23.9. The summed E-state index contributed by atoms with van der Waals surface area (Å²) in [7, 11) is 0. The monoisotopic (exact) mass is 657 g/mol. The predicted octanol–water partition coefficient (Wildman–Crippen LogP) is 2.71. The Labute approximate surface area is 279 Å². The van der Waals surface area contributed by atoms with Crippen molar-refractivity contribution in [3.63, 3.8) is 0 Å². The molecule has 6 atom stereocenters. The van der Waals surface area contributed by atoms with Crippen LogP contribution >= 0.6 is 0 Å². The molecule has 0 aromatic rings. The maximum absolute atomic E-state index is 14.3.